The molecule has 0 aromatic heterocycles. The Morgan fingerprint density at radius 3 is 0.900 bits per heavy atom. The summed E-state index contributed by atoms with van der Waals surface area (Å²) < 4.78 is 32.0. The van der Waals surface area contributed by atoms with Gasteiger partial charge in [-0.2, -0.15) is 14.4 Å². The molecule has 0 aliphatic carbocycles. The molecule has 326 valence electrons. The summed E-state index contributed by atoms with van der Waals surface area (Å²) in [5.74, 6) is -1.49. The zero-order valence-corrected chi connectivity index (χ0v) is 34.0. The zero-order valence-electron chi connectivity index (χ0n) is 34.0. The van der Waals surface area contributed by atoms with Crippen LogP contribution >= 0.6 is 0 Å². The van der Waals surface area contributed by atoms with Crippen LogP contribution in [0.5, 0.6) is 17.2 Å². The van der Waals surface area contributed by atoms with E-state index in [4.69, 9.17) is 28.4 Å². The Morgan fingerprint density at radius 1 is 0.400 bits per heavy atom. The van der Waals surface area contributed by atoms with E-state index in [2.05, 4.69) is 29.3 Å². The van der Waals surface area contributed by atoms with E-state index in [9.17, 15) is 28.8 Å². The van der Waals surface area contributed by atoms with Gasteiger partial charge < -0.3 is 28.4 Å². The fraction of sp³-hybridized carbons (Fsp3) is 0.429. The minimum absolute atomic E-state index is 0.0216. The second kappa shape index (κ2) is 26.3. The maximum absolute atomic E-state index is 12.5. The number of hydrogen-bond donors (Lipinski definition) is 0. The van der Waals surface area contributed by atoms with E-state index in [0.29, 0.717) is 37.1 Å². The number of rotatable bonds is 22. The third kappa shape index (κ3) is 17.4. The van der Waals surface area contributed by atoms with Gasteiger partial charge in [-0.1, -0.05) is 47.0 Å². The Balaban J connectivity index is 1.57. The van der Waals surface area contributed by atoms with Crippen LogP contribution in [-0.4, -0.2) is 76.0 Å². The van der Waals surface area contributed by atoms with Crippen LogP contribution in [0.2, 0.25) is 0 Å². The lowest BCUT2D eigenvalue weighted by atomic mass is 9.88. The molecule has 0 saturated carbocycles. The monoisotopic (exact) mass is 842 g/mol. The summed E-state index contributed by atoms with van der Waals surface area (Å²) in [7, 11) is 0. The summed E-state index contributed by atoms with van der Waals surface area (Å²) >= 11 is 0. The van der Waals surface area contributed by atoms with Gasteiger partial charge in [0.1, 0.15) is 37.1 Å². The first kappa shape index (κ1) is 47.7. The first-order valence-corrected chi connectivity index (χ1v) is 19.4. The van der Waals surface area contributed by atoms with Crippen molar-refractivity contribution in [3.8, 4) is 17.2 Å². The van der Waals surface area contributed by atoms with Gasteiger partial charge in [0, 0.05) is 0 Å². The normalized spacial score (nSPS) is 10.6. The highest BCUT2D eigenvalue weighted by atomic mass is 17.2. The van der Waals surface area contributed by atoms with Gasteiger partial charge in [0.05, 0.1) is 41.9 Å². The molecule has 3 aromatic rings. The molecular weight excluding hydrogens is 792 g/mol. The van der Waals surface area contributed by atoms with Gasteiger partial charge in [-0.3, -0.25) is 0 Å². The molecule has 0 aliphatic heterocycles. The van der Waals surface area contributed by atoms with Gasteiger partial charge in [-0.05, 0) is 98.5 Å². The molecule has 0 aliphatic rings. The fourth-order valence-electron chi connectivity index (χ4n) is 4.56. The maximum atomic E-state index is 12.5. The lowest BCUT2D eigenvalue weighted by molar-refractivity contribution is -0.217. The summed E-state index contributed by atoms with van der Waals surface area (Å²) in [4.78, 5) is 102. The van der Waals surface area contributed by atoms with E-state index in [0.717, 1.165) is 38.5 Å². The Morgan fingerprint density at radius 2 is 0.667 bits per heavy atom. The standard InChI is InChI=1S/C42H50O18/c1-5-9-24-49-33-18-12-30(13-19-33)36(43)55-58-39(46)52-27-42(8-4,28-53-40(47)59-56-37(44)31-14-20-34(21-15-31)50-25-10-6-2)29-54-41(48)60-57-38(45)32-16-22-35(23-17-32)51-26-11-7-3/h12-23H,5-11,24-29H2,1-4H3. The van der Waals surface area contributed by atoms with Crippen molar-refractivity contribution in [1.29, 1.82) is 0 Å². The van der Waals surface area contributed by atoms with Gasteiger partial charge in [-0.15, -0.1) is 0 Å². The largest absolute Gasteiger partial charge is 0.549 e. The van der Waals surface area contributed by atoms with Crippen LogP contribution in [0.1, 0.15) is 104 Å². The Labute approximate surface area is 346 Å². The minimum Gasteiger partial charge on any atom is -0.494 e. The smallest absolute Gasteiger partial charge is 0.494 e. The van der Waals surface area contributed by atoms with Crippen LogP contribution in [-0.2, 0) is 43.5 Å². The van der Waals surface area contributed by atoms with Crippen LogP contribution in [0.4, 0.5) is 14.4 Å². The highest BCUT2D eigenvalue weighted by Gasteiger charge is 2.36. The number of ether oxygens (including phenoxy) is 6. The van der Waals surface area contributed by atoms with Crippen molar-refractivity contribution in [3.05, 3.63) is 89.5 Å². The number of benzene rings is 3. The van der Waals surface area contributed by atoms with Gasteiger partial charge in [0.2, 0.25) is 0 Å². The van der Waals surface area contributed by atoms with Crippen LogP contribution in [0.15, 0.2) is 72.8 Å². The van der Waals surface area contributed by atoms with Crippen molar-refractivity contribution in [2.75, 3.05) is 39.6 Å². The molecule has 18 heteroatoms. The molecule has 0 unspecified atom stereocenters. The van der Waals surface area contributed by atoms with E-state index in [-0.39, 0.29) is 23.1 Å². The van der Waals surface area contributed by atoms with Crippen LogP contribution in [0, 0.1) is 5.41 Å². The van der Waals surface area contributed by atoms with Gasteiger partial charge in [0.25, 0.3) is 0 Å². The second-order valence-electron chi connectivity index (χ2n) is 13.0. The Kier molecular flexibility index (Phi) is 20.9. The molecule has 18 nitrogen and oxygen atoms in total. The molecule has 3 rings (SSSR count). The van der Waals surface area contributed by atoms with Crippen molar-refractivity contribution >= 4 is 36.4 Å². The van der Waals surface area contributed by atoms with Crippen molar-refractivity contribution < 1.29 is 86.5 Å². The first-order valence-electron chi connectivity index (χ1n) is 19.4. The summed E-state index contributed by atoms with van der Waals surface area (Å²) in [5, 5.41) is 0. The lowest BCUT2D eigenvalue weighted by Crippen LogP contribution is -2.39. The molecule has 60 heavy (non-hydrogen) atoms. The first-order chi connectivity index (χ1) is 29.0. The molecule has 0 spiro atoms. The molecule has 0 fully saturated rings. The van der Waals surface area contributed by atoms with Gasteiger partial charge >= 0.3 is 36.4 Å². The van der Waals surface area contributed by atoms with Crippen molar-refractivity contribution in [2.45, 2.75) is 72.6 Å². The summed E-state index contributed by atoms with van der Waals surface area (Å²) in [5.41, 5.74) is -1.44. The van der Waals surface area contributed by atoms with Crippen LogP contribution < -0.4 is 14.2 Å². The number of hydrogen-bond acceptors (Lipinski definition) is 18. The number of carbonyl (C=O) groups is 6. The van der Waals surface area contributed by atoms with Crippen LogP contribution in [0.3, 0.4) is 0 Å². The molecule has 0 heterocycles. The molecule has 0 amide bonds. The lowest BCUT2D eigenvalue weighted by Gasteiger charge is -2.29. The third-order valence-electron chi connectivity index (χ3n) is 8.36. The molecule has 0 radical (unpaired) electrons. The van der Waals surface area contributed by atoms with Gasteiger partial charge in [-0.25, -0.2) is 43.7 Å². The second-order valence-corrected chi connectivity index (χ2v) is 13.0. The van der Waals surface area contributed by atoms with E-state index in [1.54, 1.807) is 43.3 Å². The molecule has 0 N–H and O–H groups in total. The van der Waals surface area contributed by atoms with Gasteiger partial charge in [0.15, 0.2) is 0 Å². The number of unbranched alkanes of at least 4 members (excludes halogenated alkanes) is 3. The minimum atomic E-state index is -1.55. The quantitative estimate of drug-likeness (QED) is 0.0304. The number of carbonyl (C=O) groups excluding carboxylic acids is 6. The zero-order chi connectivity index (χ0) is 43.6. The van der Waals surface area contributed by atoms with Crippen molar-refractivity contribution in [1.82, 2.24) is 0 Å². The predicted octanol–water partition coefficient (Wildman–Crippen LogP) is 8.70. The topological polar surface area (TPSA) is 213 Å². The van der Waals surface area contributed by atoms with E-state index >= 15 is 0 Å². The van der Waals surface area contributed by atoms with Crippen molar-refractivity contribution in [3.63, 3.8) is 0 Å². The summed E-state index contributed by atoms with van der Waals surface area (Å²) in [6, 6.07) is 17.7. The van der Waals surface area contributed by atoms with E-state index in [1.165, 1.54) is 36.4 Å². The Bertz CT molecular complexity index is 1580. The maximum Gasteiger partial charge on any atom is 0.549 e. The average Bonchev–Trinajstić information content (AvgIpc) is 3.27. The van der Waals surface area contributed by atoms with Crippen molar-refractivity contribution in [2.24, 2.45) is 5.41 Å². The molecule has 3 aromatic carbocycles. The SMILES string of the molecule is CCCCOc1ccc(C(=O)OOC(=O)OCC(CC)(COC(=O)OOC(=O)c2ccc(OCCCC)cc2)COC(=O)OOC(=O)c2ccc(OCCCC)cc2)cc1. The molecule has 0 saturated heterocycles. The van der Waals surface area contributed by atoms with E-state index in [1.807, 2.05) is 20.8 Å². The molecular formula is C42H50O18. The Hall–Kier alpha value is -6.72. The highest BCUT2D eigenvalue weighted by molar-refractivity contribution is 5.90. The highest BCUT2D eigenvalue weighted by Crippen LogP contribution is 2.26. The predicted molar refractivity (Wildman–Crippen MR) is 207 cm³/mol. The third-order valence-corrected chi connectivity index (χ3v) is 8.36. The van der Waals surface area contributed by atoms with Crippen LogP contribution in [0.25, 0.3) is 0 Å². The summed E-state index contributed by atoms with van der Waals surface area (Å²) in [6.07, 6.45) is 0.918. The van der Waals surface area contributed by atoms with E-state index < -0.39 is 61.6 Å². The average molecular weight is 843 g/mol. The molecule has 0 bridgehead atoms. The molecule has 0 atom stereocenters. The fourth-order valence-corrected chi connectivity index (χ4v) is 4.56. The summed E-state index contributed by atoms with van der Waals surface area (Å²) in [6.45, 7) is 7.10.